The van der Waals surface area contributed by atoms with Crippen molar-refractivity contribution in [1.82, 2.24) is 0 Å². The van der Waals surface area contributed by atoms with Crippen LogP contribution in [0.25, 0.3) is 0 Å². The second-order valence-corrected chi connectivity index (χ2v) is 3.57. The molecular weight excluding hydrogens is 231 g/mol. The Hall–Kier alpha value is -1.52. The van der Waals surface area contributed by atoms with Gasteiger partial charge >= 0.3 is 6.18 Å². The lowest BCUT2D eigenvalue weighted by Gasteiger charge is -2.09. The van der Waals surface area contributed by atoms with E-state index in [9.17, 15) is 13.2 Å². The number of alkyl halides is 3. The smallest absolute Gasteiger partial charge is 0.392 e. The Bertz CT molecular complexity index is 388. The summed E-state index contributed by atoms with van der Waals surface area (Å²) in [6, 6.07) is 5.10. The Morgan fingerprint density at radius 3 is 2.59 bits per heavy atom. The standard InChI is InChI=1S/C12H13F3NO/c1-3-9(2)17-16-8-10-6-4-5-7-11(10)12(13,14)15/h4-7,9H,3H2,1-2H3. The number of hydrogen-bond acceptors (Lipinski definition) is 2. The lowest BCUT2D eigenvalue weighted by Crippen LogP contribution is -2.09. The predicted octanol–water partition coefficient (Wildman–Crippen LogP) is 3.73. The fraction of sp³-hybridized carbons (Fsp3) is 0.417. The maximum absolute atomic E-state index is 12.6. The Morgan fingerprint density at radius 2 is 2.00 bits per heavy atom. The van der Waals surface area contributed by atoms with Crippen molar-refractivity contribution in [1.29, 1.82) is 0 Å². The first-order chi connectivity index (χ1) is 7.95. The molecule has 0 aliphatic heterocycles. The second kappa shape index (κ2) is 5.70. The van der Waals surface area contributed by atoms with Gasteiger partial charge in [-0.2, -0.15) is 13.2 Å². The summed E-state index contributed by atoms with van der Waals surface area (Å²) < 4.78 is 37.7. The zero-order valence-electron chi connectivity index (χ0n) is 9.58. The molecule has 0 heterocycles. The molecule has 5 heteroatoms. The molecule has 0 fully saturated rings. The summed E-state index contributed by atoms with van der Waals surface area (Å²) >= 11 is 0. The van der Waals surface area contributed by atoms with Crippen molar-refractivity contribution < 1.29 is 18.0 Å². The largest absolute Gasteiger partial charge is 0.417 e. The summed E-state index contributed by atoms with van der Waals surface area (Å²) in [7, 11) is 0. The van der Waals surface area contributed by atoms with Gasteiger partial charge < -0.3 is 4.84 Å². The molecule has 0 saturated heterocycles. The molecule has 0 aromatic heterocycles. The monoisotopic (exact) mass is 244 g/mol. The molecule has 0 spiro atoms. The van der Waals surface area contributed by atoms with Gasteiger partial charge in [0.2, 0.25) is 0 Å². The molecule has 1 radical (unpaired) electrons. The molecule has 0 saturated carbocycles. The second-order valence-electron chi connectivity index (χ2n) is 3.57. The van der Waals surface area contributed by atoms with E-state index in [2.05, 4.69) is 11.4 Å². The number of rotatable bonds is 4. The van der Waals surface area contributed by atoms with Crippen LogP contribution in [0.15, 0.2) is 29.4 Å². The molecule has 0 aliphatic carbocycles. The van der Waals surface area contributed by atoms with Crippen molar-refractivity contribution in [3.8, 4) is 0 Å². The predicted molar refractivity (Wildman–Crippen MR) is 58.8 cm³/mol. The highest BCUT2D eigenvalue weighted by atomic mass is 19.4. The van der Waals surface area contributed by atoms with Gasteiger partial charge in [0.25, 0.3) is 0 Å². The fourth-order valence-corrected chi connectivity index (χ4v) is 1.07. The van der Waals surface area contributed by atoms with Gasteiger partial charge in [-0.05, 0) is 19.4 Å². The first-order valence-corrected chi connectivity index (χ1v) is 5.23. The first-order valence-electron chi connectivity index (χ1n) is 5.23. The molecule has 17 heavy (non-hydrogen) atoms. The quantitative estimate of drug-likeness (QED) is 0.584. The molecular formula is C12H13F3NO. The zero-order valence-corrected chi connectivity index (χ0v) is 9.58. The third-order valence-electron chi connectivity index (χ3n) is 2.21. The molecule has 1 aromatic rings. The molecule has 93 valence electrons. The van der Waals surface area contributed by atoms with E-state index in [1.165, 1.54) is 18.2 Å². The Labute approximate surface area is 98.1 Å². The molecule has 0 amide bonds. The summed E-state index contributed by atoms with van der Waals surface area (Å²) in [6.07, 6.45) is -1.55. The summed E-state index contributed by atoms with van der Waals surface area (Å²) in [5.41, 5.74) is -0.889. The van der Waals surface area contributed by atoms with Crippen molar-refractivity contribution >= 4 is 6.21 Å². The van der Waals surface area contributed by atoms with E-state index in [1.807, 2.05) is 6.92 Å². The maximum atomic E-state index is 12.6. The molecule has 1 rings (SSSR count). The van der Waals surface area contributed by atoms with Crippen LogP contribution < -0.4 is 0 Å². The molecule has 1 unspecified atom stereocenters. The number of benzene rings is 1. The Kier molecular flexibility index (Phi) is 4.54. The van der Waals surface area contributed by atoms with Crippen LogP contribution in [0.4, 0.5) is 13.2 Å². The Balaban J connectivity index is 2.84. The third kappa shape index (κ3) is 4.09. The van der Waals surface area contributed by atoms with Crippen LogP contribution in [-0.4, -0.2) is 12.3 Å². The van der Waals surface area contributed by atoms with Gasteiger partial charge in [-0.3, -0.25) is 0 Å². The maximum Gasteiger partial charge on any atom is 0.417 e. The fourth-order valence-electron chi connectivity index (χ4n) is 1.07. The Morgan fingerprint density at radius 1 is 1.35 bits per heavy atom. The van der Waals surface area contributed by atoms with E-state index in [1.54, 1.807) is 6.92 Å². The normalized spacial score (nSPS) is 13.9. The topological polar surface area (TPSA) is 21.6 Å². The summed E-state index contributed by atoms with van der Waals surface area (Å²) in [5, 5.41) is 3.44. The average Bonchev–Trinajstić information content (AvgIpc) is 2.28. The van der Waals surface area contributed by atoms with Crippen LogP contribution in [0, 0.1) is 0 Å². The lowest BCUT2D eigenvalue weighted by atomic mass is 10.1. The molecule has 1 aromatic carbocycles. The van der Waals surface area contributed by atoms with Crippen LogP contribution in [0.1, 0.15) is 31.4 Å². The molecule has 0 aliphatic rings. The summed E-state index contributed by atoms with van der Waals surface area (Å²) in [5.74, 6) is 0. The van der Waals surface area contributed by atoms with E-state index in [-0.39, 0.29) is 11.7 Å². The van der Waals surface area contributed by atoms with Crippen molar-refractivity contribution in [2.45, 2.75) is 32.5 Å². The molecule has 2 nitrogen and oxygen atoms in total. The summed E-state index contributed by atoms with van der Waals surface area (Å²) in [6.45, 7) is 3.67. The minimum absolute atomic E-state index is 0.122. The van der Waals surface area contributed by atoms with Gasteiger partial charge in [0.15, 0.2) is 0 Å². The lowest BCUT2D eigenvalue weighted by molar-refractivity contribution is -0.137. The van der Waals surface area contributed by atoms with Crippen molar-refractivity contribution in [3.63, 3.8) is 0 Å². The average molecular weight is 244 g/mol. The molecule has 1 atom stereocenters. The first kappa shape index (κ1) is 13.5. The molecule has 0 bridgehead atoms. The highest BCUT2D eigenvalue weighted by molar-refractivity contribution is 5.81. The van der Waals surface area contributed by atoms with Crippen molar-refractivity contribution in [2.24, 2.45) is 5.16 Å². The van der Waals surface area contributed by atoms with Gasteiger partial charge in [-0.25, -0.2) is 0 Å². The van der Waals surface area contributed by atoms with Gasteiger partial charge in [0.05, 0.1) is 5.56 Å². The van der Waals surface area contributed by atoms with Crippen molar-refractivity contribution in [3.05, 3.63) is 35.4 Å². The van der Waals surface area contributed by atoms with E-state index in [0.29, 0.717) is 0 Å². The van der Waals surface area contributed by atoms with Crippen LogP contribution in [0.5, 0.6) is 0 Å². The van der Waals surface area contributed by atoms with Crippen molar-refractivity contribution in [2.75, 3.05) is 0 Å². The van der Waals surface area contributed by atoms with Crippen LogP contribution in [0.3, 0.4) is 0 Å². The van der Waals surface area contributed by atoms with Gasteiger partial charge in [0, 0.05) is 5.56 Å². The number of nitrogens with zero attached hydrogens (tertiary/aromatic N) is 1. The molecule has 0 N–H and O–H groups in total. The van der Waals surface area contributed by atoms with E-state index in [0.717, 1.165) is 12.5 Å². The van der Waals surface area contributed by atoms with Gasteiger partial charge in [-0.1, -0.05) is 30.3 Å². The van der Waals surface area contributed by atoms with E-state index < -0.39 is 11.7 Å². The van der Waals surface area contributed by atoms with Gasteiger partial charge in [0.1, 0.15) is 12.3 Å². The van der Waals surface area contributed by atoms with Crippen LogP contribution >= 0.6 is 0 Å². The number of halogens is 3. The van der Waals surface area contributed by atoms with Crippen LogP contribution in [0.2, 0.25) is 0 Å². The highest BCUT2D eigenvalue weighted by Gasteiger charge is 2.32. The minimum Gasteiger partial charge on any atom is -0.392 e. The SMILES string of the molecule is CCC(C)O/N=[C]/c1ccccc1C(F)(F)F. The van der Waals surface area contributed by atoms with Gasteiger partial charge in [-0.15, -0.1) is 0 Å². The highest BCUT2D eigenvalue weighted by Crippen LogP contribution is 2.31. The van der Waals surface area contributed by atoms with E-state index >= 15 is 0 Å². The van der Waals surface area contributed by atoms with Crippen LogP contribution in [-0.2, 0) is 11.0 Å². The zero-order chi connectivity index (χ0) is 12.9. The third-order valence-corrected chi connectivity index (χ3v) is 2.21. The van der Waals surface area contributed by atoms with E-state index in [4.69, 9.17) is 4.84 Å². The number of hydrogen-bond donors (Lipinski definition) is 0. The minimum atomic E-state index is -4.41. The summed E-state index contributed by atoms with van der Waals surface area (Å²) in [4.78, 5) is 4.91.